The maximum absolute atomic E-state index is 13.7. The topological polar surface area (TPSA) is 49.4 Å². The number of unbranched alkanes of at least 4 members (excludes halogenated alkanes) is 9. The molecular weight excluding hydrogens is 432 g/mol. The van der Waals surface area contributed by atoms with Crippen LogP contribution in [0.5, 0.6) is 0 Å². The fraction of sp³-hybridized carbons (Fsp3) is 0.871. The lowest BCUT2D eigenvalue weighted by Gasteiger charge is -2.45. The van der Waals surface area contributed by atoms with Gasteiger partial charge in [0, 0.05) is 26.1 Å². The van der Waals surface area contributed by atoms with Gasteiger partial charge in [-0.25, -0.2) is 0 Å². The predicted molar refractivity (Wildman–Crippen MR) is 148 cm³/mol. The summed E-state index contributed by atoms with van der Waals surface area (Å²) >= 11 is 0. The van der Waals surface area contributed by atoms with Gasteiger partial charge in [-0.1, -0.05) is 105 Å². The maximum atomic E-state index is 13.7. The second-order valence-electron chi connectivity index (χ2n) is 12.0. The fourth-order valence-electron chi connectivity index (χ4n) is 6.53. The van der Waals surface area contributed by atoms with Gasteiger partial charge < -0.3 is 10.2 Å². The smallest absolute Gasteiger partial charge is 0.224 e. The number of nitrogens with one attached hydrogen (secondary N) is 1. The highest BCUT2D eigenvalue weighted by Gasteiger charge is 2.59. The number of amides is 2. The van der Waals surface area contributed by atoms with E-state index in [1.807, 2.05) is 0 Å². The molecule has 4 unspecified atom stereocenters. The van der Waals surface area contributed by atoms with Crippen molar-refractivity contribution in [3.8, 4) is 0 Å². The van der Waals surface area contributed by atoms with Gasteiger partial charge in [0.25, 0.3) is 0 Å². The zero-order valence-electron chi connectivity index (χ0n) is 23.8. The molecule has 0 aromatic heterocycles. The average Bonchev–Trinajstić information content (AvgIpc) is 3.34. The summed E-state index contributed by atoms with van der Waals surface area (Å²) in [6.07, 6.45) is 21.1. The third kappa shape index (κ3) is 8.35. The lowest BCUT2D eigenvalue weighted by atomic mass is 9.59. The van der Waals surface area contributed by atoms with Crippen LogP contribution < -0.4 is 5.32 Å². The summed E-state index contributed by atoms with van der Waals surface area (Å²) in [6, 6.07) is 0. The maximum Gasteiger partial charge on any atom is 0.224 e. The Kier molecular flexibility index (Phi) is 12.9. The van der Waals surface area contributed by atoms with E-state index in [1.165, 1.54) is 51.4 Å². The van der Waals surface area contributed by atoms with Crippen molar-refractivity contribution in [3.05, 3.63) is 12.2 Å². The third-order valence-corrected chi connectivity index (χ3v) is 9.12. The number of hydrogen-bond donors (Lipinski definition) is 1. The molecule has 2 aliphatic rings. The Balaban J connectivity index is 2.11. The van der Waals surface area contributed by atoms with Crippen LogP contribution in [0.2, 0.25) is 0 Å². The Morgan fingerprint density at radius 1 is 0.857 bits per heavy atom. The van der Waals surface area contributed by atoms with E-state index in [9.17, 15) is 9.59 Å². The second-order valence-corrected chi connectivity index (χ2v) is 12.0. The van der Waals surface area contributed by atoms with E-state index < -0.39 is 0 Å². The van der Waals surface area contributed by atoms with Gasteiger partial charge in [-0.15, -0.1) is 0 Å². The van der Waals surface area contributed by atoms with Gasteiger partial charge >= 0.3 is 0 Å². The number of rotatable bonds is 19. The van der Waals surface area contributed by atoms with Crippen molar-refractivity contribution in [2.45, 2.75) is 131 Å². The molecule has 1 saturated carbocycles. The van der Waals surface area contributed by atoms with Gasteiger partial charge in [-0.2, -0.15) is 0 Å². The van der Waals surface area contributed by atoms with Crippen LogP contribution in [-0.4, -0.2) is 36.3 Å². The van der Waals surface area contributed by atoms with Crippen molar-refractivity contribution in [2.24, 2.45) is 22.7 Å². The van der Waals surface area contributed by atoms with Crippen LogP contribution in [0.25, 0.3) is 0 Å². The van der Waals surface area contributed by atoms with Crippen molar-refractivity contribution in [2.75, 3.05) is 19.6 Å². The van der Waals surface area contributed by atoms with Crippen LogP contribution in [0.1, 0.15) is 131 Å². The van der Waals surface area contributed by atoms with Crippen LogP contribution in [0.4, 0.5) is 0 Å². The van der Waals surface area contributed by atoms with Gasteiger partial charge in [-0.05, 0) is 48.9 Å². The first-order valence-electron chi connectivity index (χ1n) is 15.1. The Hall–Kier alpha value is -1.32. The standard InChI is InChI=1S/C31H56N2O2/c1-6-9-12-15-20-32-29(35)27(31(5)25-26-18-19-30(31,4)24-26)23-28(34)33(21-16-13-10-7-2)22-17-14-11-8-3/h18-19,26-27H,6-17,20-25H2,1-5H3,(H,32,35). The molecule has 1 N–H and O–H groups in total. The van der Waals surface area contributed by atoms with Gasteiger partial charge in [0.2, 0.25) is 11.8 Å². The van der Waals surface area contributed by atoms with E-state index in [1.54, 1.807) is 0 Å². The average molecular weight is 489 g/mol. The number of carbonyl (C=O) groups excluding carboxylic acids is 2. The molecular formula is C31H56N2O2. The number of hydrogen-bond acceptors (Lipinski definition) is 2. The summed E-state index contributed by atoms with van der Waals surface area (Å²) in [5.74, 6) is 0.603. The van der Waals surface area contributed by atoms with Crippen LogP contribution in [0, 0.1) is 22.7 Å². The fourth-order valence-corrected chi connectivity index (χ4v) is 6.53. The van der Waals surface area contributed by atoms with Gasteiger partial charge in [0.05, 0.1) is 5.92 Å². The molecule has 0 heterocycles. The summed E-state index contributed by atoms with van der Waals surface area (Å²) in [5.41, 5.74) is -0.152. The molecule has 4 nitrogen and oxygen atoms in total. The molecule has 2 amide bonds. The third-order valence-electron chi connectivity index (χ3n) is 9.12. The number of fused-ring (bicyclic) bond motifs is 2. The van der Waals surface area contributed by atoms with Crippen molar-refractivity contribution in [1.82, 2.24) is 10.2 Å². The van der Waals surface area contributed by atoms with Gasteiger partial charge in [0.1, 0.15) is 0 Å². The molecule has 2 bridgehead atoms. The Labute approximate surface area is 217 Å². The summed E-state index contributed by atoms with van der Waals surface area (Å²) in [5, 5.41) is 3.25. The normalized spacial score (nSPS) is 25.7. The monoisotopic (exact) mass is 488 g/mol. The minimum atomic E-state index is -0.255. The number of nitrogens with zero attached hydrogens (tertiary/aromatic N) is 1. The van der Waals surface area contributed by atoms with E-state index in [0.29, 0.717) is 12.3 Å². The lowest BCUT2D eigenvalue weighted by molar-refractivity contribution is -0.141. The molecule has 4 heteroatoms. The van der Waals surface area contributed by atoms with E-state index in [0.717, 1.165) is 58.2 Å². The van der Waals surface area contributed by atoms with Crippen LogP contribution in [0.15, 0.2) is 12.2 Å². The van der Waals surface area contributed by atoms with Crippen molar-refractivity contribution in [1.29, 1.82) is 0 Å². The summed E-state index contributed by atoms with van der Waals surface area (Å²) in [6.45, 7) is 13.7. The van der Waals surface area contributed by atoms with E-state index in [2.05, 4.69) is 57.0 Å². The molecule has 0 aromatic carbocycles. The van der Waals surface area contributed by atoms with E-state index >= 15 is 0 Å². The predicted octanol–water partition coefficient (Wildman–Crippen LogP) is 7.67. The molecule has 2 rings (SSSR count). The Morgan fingerprint density at radius 3 is 1.91 bits per heavy atom. The Bertz CT molecular complexity index is 663. The first kappa shape index (κ1) is 29.9. The van der Waals surface area contributed by atoms with Gasteiger partial charge in [-0.3, -0.25) is 9.59 Å². The van der Waals surface area contributed by atoms with Crippen molar-refractivity contribution >= 4 is 11.8 Å². The molecule has 0 spiro atoms. The zero-order valence-corrected chi connectivity index (χ0v) is 23.8. The molecule has 0 aliphatic heterocycles. The highest BCUT2D eigenvalue weighted by Crippen LogP contribution is 2.64. The van der Waals surface area contributed by atoms with E-state index in [-0.39, 0.29) is 28.6 Å². The molecule has 0 saturated heterocycles. The van der Waals surface area contributed by atoms with E-state index in [4.69, 9.17) is 0 Å². The Morgan fingerprint density at radius 2 is 1.43 bits per heavy atom. The summed E-state index contributed by atoms with van der Waals surface area (Å²) in [7, 11) is 0. The first-order valence-corrected chi connectivity index (χ1v) is 15.1. The lowest BCUT2D eigenvalue weighted by Crippen LogP contribution is -2.49. The number of carbonyl (C=O) groups is 2. The summed E-state index contributed by atoms with van der Waals surface area (Å²) < 4.78 is 0. The first-order chi connectivity index (χ1) is 16.8. The van der Waals surface area contributed by atoms with Crippen molar-refractivity contribution in [3.63, 3.8) is 0 Å². The van der Waals surface area contributed by atoms with Crippen LogP contribution >= 0.6 is 0 Å². The highest BCUT2D eigenvalue weighted by atomic mass is 16.2. The molecule has 0 radical (unpaired) electrons. The molecule has 35 heavy (non-hydrogen) atoms. The minimum absolute atomic E-state index is 0.00917. The molecule has 4 atom stereocenters. The largest absolute Gasteiger partial charge is 0.356 e. The highest BCUT2D eigenvalue weighted by molar-refractivity contribution is 5.86. The van der Waals surface area contributed by atoms with Crippen molar-refractivity contribution < 1.29 is 9.59 Å². The zero-order chi connectivity index (χ0) is 25.7. The quantitative estimate of drug-likeness (QED) is 0.150. The van der Waals surface area contributed by atoms with Crippen LogP contribution in [-0.2, 0) is 9.59 Å². The SMILES string of the molecule is CCCCCCNC(=O)C(CC(=O)N(CCCCCC)CCCCCC)C1(C)CC2C=CC1(C)C2. The molecule has 2 aliphatic carbocycles. The second kappa shape index (κ2) is 15.1. The van der Waals surface area contributed by atoms with Gasteiger partial charge in [0.15, 0.2) is 0 Å². The van der Waals surface area contributed by atoms with Crippen LogP contribution in [0.3, 0.4) is 0 Å². The minimum Gasteiger partial charge on any atom is -0.356 e. The summed E-state index contributed by atoms with van der Waals surface area (Å²) in [4.78, 5) is 29.5. The molecule has 202 valence electrons. The molecule has 1 fully saturated rings. The molecule has 0 aromatic rings. The number of allylic oxidation sites excluding steroid dienone is 2.